The smallest absolute Gasteiger partial charge is 0.319 e. The molecule has 0 bridgehead atoms. The third kappa shape index (κ3) is 4.21. The molecule has 0 aliphatic rings. The predicted octanol–water partition coefficient (Wildman–Crippen LogP) is 4.60. The molecule has 1 aromatic heterocycles. The second kappa shape index (κ2) is 7.58. The van der Waals surface area contributed by atoms with Crippen LogP contribution in [0.15, 0.2) is 48.5 Å². The zero-order valence-corrected chi connectivity index (χ0v) is 15.1. The summed E-state index contributed by atoms with van der Waals surface area (Å²) in [5.74, 6) is -0.466. The van der Waals surface area contributed by atoms with E-state index in [2.05, 4.69) is 15.7 Å². The molecule has 0 saturated heterocycles. The van der Waals surface area contributed by atoms with Crippen LogP contribution in [0.2, 0.25) is 5.02 Å². The Morgan fingerprint density at radius 2 is 1.88 bits per heavy atom. The number of carbonyl (C=O) groups excluding carboxylic acids is 1. The Morgan fingerprint density at radius 1 is 1.15 bits per heavy atom. The van der Waals surface area contributed by atoms with Crippen molar-refractivity contribution in [3.8, 4) is 5.69 Å². The van der Waals surface area contributed by atoms with Crippen LogP contribution in [0.3, 0.4) is 0 Å². The molecule has 7 heteroatoms. The van der Waals surface area contributed by atoms with Gasteiger partial charge in [0.1, 0.15) is 5.69 Å². The van der Waals surface area contributed by atoms with Crippen molar-refractivity contribution < 1.29 is 9.18 Å². The number of aromatic nitrogens is 2. The van der Waals surface area contributed by atoms with Crippen molar-refractivity contribution >= 4 is 23.3 Å². The Kier molecular flexibility index (Phi) is 5.23. The van der Waals surface area contributed by atoms with Crippen LogP contribution in [-0.4, -0.2) is 15.8 Å². The van der Waals surface area contributed by atoms with Crippen LogP contribution in [0.1, 0.15) is 17.0 Å². The maximum Gasteiger partial charge on any atom is 0.319 e. The van der Waals surface area contributed by atoms with Gasteiger partial charge in [0.15, 0.2) is 5.82 Å². The highest BCUT2D eigenvalue weighted by Crippen LogP contribution is 2.20. The minimum Gasteiger partial charge on any atom is -0.334 e. The van der Waals surface area contributed by atoms with Crippen molar-refractivity contribution in [2.45, 2.75) is 20.4 Å². The lowest BCUT2D eigenvalue weighted by molar-refractivity contribution is 0.251. The van der Waals surface area contributed by atoms with Crippen LogP contribution in [0.5, 0.6) is 0 Å². The first-order valence-electron chi connectivity index (χ1n) is 8.05. The molecule has 0 aliphatic heterocycles. The maximum absolute atomic E-state index is 14.4. The van der Waals surface area contributed by atoms with E-state index in [0.717, 1.165) is 17.0 Å². The number of carbonyl (C=O) groups is 1. The number of nitrogens with zero attached hydrogens (tertiary/aromatic N) is 2. The standard InChI is InChI=1S/C19H18ClFN4O/c1-12-9-13(2)25(24-12)18-8-7-16(10-17(18)21)23-19(26)22-11-14-3-5-15(20)6-4-14/h3-10H,11H2,1-2H3,(H2,22,23,26). The summed E-state index contributed by atoms with van der Waals surface area (Å²) >= 11 is 5.82. The molecule has 134 valence electrons. The number of benzene rings is 2. The van der Waals surface area contributed by atoms with Crippen molar-refractivity contribution in [1.82, 2.24) is 15.1 Å². The molecular weight excluding hydrogens is 355 g/mol. The summed E-state index contributed by atoms with van der Waals surface area (Å²) in [5, 5.41) is 10.2. The number of amides is 2. The average Bonchev–Trinajstić information content (AvgIpc) is 2.93. The number of anilines is 1. The van der Waals surface area contributed by atoms with E-state index in [1.165, 1.54) is 10.7 Å². The van der Waals surface area contributed by atoms with E-state index in [1.54, 1.807) is 24.3 Å². The minimum atomic E-state index is -0.466. The lowest BCUT2D eigenvalue weighted by atomic mass is 10.2. The topological polar surface area (TPSA) is 59.0 Å². The van der Waals surface area contributed by atoms with Gasteiger partial charge in [-0.1, -0.05) is 23.7 Å². The molecule has 3 rings (SSSR count). The highest BCUT2D eigenvalue weighted by Gasteiger charge is 2.11. The van der Waals surface area contributed by atoms with Crippen LogP contribution < -0.4 is 10.6 Å². The summed E-state index contributed by atoms with van der Waals surface area (Å²) in [7, 11) is 0. The zero-order valence-electron chi connectivity index (χ0n) is 14.4. The molecule has 0 saturated carbocycles. The number of rotatable bonds is 4. The highest BCUT2D eigenvalue weighted by atomic mass is 35.5. The van der Waals surface area contributed by atoms with Gasteiger partial charge < -0.3 is 10.6 Å². The van der Waals surface area contributed by atoms with Crippen LogP contribution >= 0.6 is 11.6 Å². The first kappa shape index (κ1) is 17.9. The second-order valence-corrected chi connectivity index (χ2v) is 6.38. The number of halogens is 2. The molecule has 26 heavy (non-hydrogen) atoms. The first-order chi connectivity index (χ1) is 12.4. The molecule has 0 atom stereocenters. The Morgan fingerprint density at radius 3 is 2.50 bits per heavy atom. The van der Waals surface area contributed by atoms with Gasteiger partial charge in [-0.25, -0.2) is 13.9 Å². The van der Waals surface area contributed by atoms with Gasteiger partial charge in [0.25, 0.3) is 0 Å². The molecule has 0 unspecified atom stereocenters. The van der Waals surface area contributed by atoms with E-state index in [4.69, 9.17) is 11.6 Å². The first-order valence-corrected chi connectivity index (χ1v) is 8.42. The summed E-state index contributed by atoms with van der Waals surface area (Å²) in [6, 6.07) is 13.1. The lowest BCUT2D eigenvalue weighted by Crippen LogP contribution is -2.28. The second-order valence-electron chi connectivity index (χ2n) is 5.94. The van der Waals surface area contributed by atoms with Crippen molar-refractivity contribution in [1.29, 1.82) is 0 Å². The average molecular weight is 373 g/mol. The lowest BCUT2D eigenvalue weighted by Gasteiger charge is -2.10. The third-order valence-corrected chi connectivity index (χ3v) is 4.06. The Hall–Kier alpha value is -2.86. The monoisotopic (exact) mass is 372 g/mol. The van der Waals surface area contributed by atoms with Crippen molar-refractivity contribution in [3.05, 3.63) is 76.3 Å². The van der Waals surface area contributed by atoms with E-state index >= 15 is 0 Å². The van der Waals surface area contributed by atoms with Gasteiger partial charge in [-0.2, -0.15) is 5.10 Å². The van der Waals surface area contributed by atoms with E-state index < -0.39 is 11.8 Å². The van der Waals surface area contributed by atoms with Gasteiger partial charge >= 0.3 is 6.03 Å². The van der Waals surface area contributed by atoms with E-state index in [0.29, 0.717) is 22.9 Å². The van der Waals surface area contributed by atoms with Crippen LogP contribution in [0.4, 0.5) is 14.9 Å². The molecule has 0 radical (unpaired) electrons. The molecule has 1 heterocycles. The fraction of sp³-hybridized carbons (Fsp3) is 0.158. The summed E-state index contributed by atoms with van der Waals surface area (Å²) in [6.07, 6.45) is 0. The largest absolute Gasteiger partial charge is 0.334 e. The quantitative estimate of drug-likeness (QED) is 0.703. The van der Waals surface area contributed by atoms with Crippen molar-refractivity contribution in [3.63, 3.8) is 0 Å². The number of hydrogen-bond donors (Lipinski definition) is 2. The summed E-state index contributed by atoms with van der Waals surface area (Å²) in [6.45, 7) is 4.05. The molecule has 2 amide bonds. The SMILES string of the molecule is Cc1cc(C)n(-c2ccc(NC(=O)NCc3ccc(Cl)cc3)cc2F)n1. The molecule has 0 spiro atoms. The van der Waals surface area contributed by atoms with Crippen LogP contribution in [0.25, 0.3) is 5.69 Å². The van der Waals surface area contributed by atoms with Crippen molar-refractivity contribution in [2.24, 2.45) is 0 Å². The molecule has 3 aromatic rings. The normalized spacial score (nSPS) is 10.6. The van der Waals surface area contributed by atoms with Gasteiger partial charge in [-0.05, 0) is 55.8 Å². The number of urea groups is 1. The van der Waals surface area contributed by atoms with Gasteiger partial charge in [0.2, 0.25) is 0 Å². The summed E-state index contributed by atoms with van der Waals surface area (Å²) < 4.78 is 16.0. The van der Waals surface area contributed by atoms with Crippen LogP contribution in [-0.2, 0) is 6.54 Å². The van der Waals surface area contributed by atoms with Gasteiger partial charge in [-0.3, -0.25) is 0 Å². The predicted molar refractivity (Wildman–Crippen MR) is 100 cm³/mol. The molecule has 2 N–H and O–H groups in total. The van der Waals surface area contributed by atoms with Gasteiger partial charge in [-0.15, -0.1) is 0 Å². The molecule has 0 aliphatic carbocycles. The Labute approximate surface area is 155 Å². The molecule has 2 aromatic carbocycles. The van der Waals surface area contributed by atoms with E-state index in [9.17, 15) is 9.18 Å². The molecule has 0 fully saturated rings. The van der Waals surface area contributed by atoms with E-state index in [1.807, 2.05) is 32.0 Å². The van der Waals surface area contributed by atoms with Crippen LogP contribution in [0, 0.1) is 19.7 Å². The van der Waals surface area contributed by atoms with Gasteiger partial charge in [0.05, 0.1) is 5.69 Å². The number of aryl methyl sites for hydroxylation is 2. The Balaban J connectivity index is 1.64. The fourth-order valence-corrected chi connectivity index (χ4v) is 2.72. The number of nitrogens with one attached hydrogen (secondary N) is 2. The van der Waals surface area contributed by atoms with Crippen molar-refractivity contribution in [2.75, 3.05) is 5.32 Å². The van der Waals surface area contributed by atoms with Gasteiger partial charge in [0, 0.05) is 22.9 Å². The molecular formula is C19H18ClFN4O. The third-order valence-electron chi connectivity index (χ3n) is 3.81. The zero-order chi connectivity index (χ0) is 18.7. The van der Waals surface area contributed by atoms with E-state index in [-0.39, 0.29) is 0 Å². The maximum atomic E-state index is 14.4. The minimum absolute atomic E-state index is 0.336. The Bertz CT molecular complexity index is 937. The highest BCUT2D eigenvalue weighted by molar-refractivity contribution is 6.30. The molecule has 5 nitrogen and oxygen atoms in total. The fourth-order valence-electron chi connectivity index (χ4n) is 2.59. The summed E-state index contributed by atoms with van der Waals surface area (Å²) in [5.41, 5.74) is 3.26. The summed E-state index contributed by atoms with van der Waals surface area (Å²) in [4.78, 5) is 12.0. The number of hydrogen-bond acceptors (Lipinski definition) is 2.